The van der Waals surface area contributed by atoms with Crippen LogP contribution in [0.25, 0.3) is 0 Å². The van der Waals surface area contributed by atoms with Crippen LogP contribution >= 0.6 is 0 Å². The number of phenols is 2. The van der Waals surface area contributed by atoms with Crippen molar-refractivity contribution in [1.82, 2.24) is 5.32 Å². The van der Waals surface area contributed by atoms with E-state index in [0.717, 1.165) is 5.56 Å². The number of nitrogens with two attached hydrogens (primary N) is 1. The second kappa shape index (κ2) is 5.52. The van der Waals surface area contributed by atoms with Crippen LogP contribution in [-0.4, -0.2) is 16.1 Å². The molecule has 5 nitrogen and oxygen atoms in total. The molecule has 0 radical (unpaired) electrons. The molecule has 1 amide bonds. The third kappa shape index (κ3) is 3.00. The fourth-order valence-corrected chi connectivity index (χ4v) is 1.85. The SMILES string of the molecule is Cc1ccc(O)c(C(=O)NCc2cc(N)ccc2O)c1. The van der Waals surface area contributed by atoms with Crippen LogP contribution in [0.4, 0.5) is 5.69 Å². The molecule has 0 saturated carbocycles. The van der Waals surface area contributed by atoms with Crippen molar-refractivity contribution in [3.05, 3.63) is 53.1 Å². The van der Waals surface area contributed by atoms with E-state index in [1.807, 2.05) is 6.92 Å². The van der Waals surface area contributed by atoms with Crippen molar-refractivity contribution in [3.63, 3.8) is 0 Å². The largest absolute Gasteiger partial charge is 0.508 e. The molecule has 20 heavy (non-hydrogen) atoms. The van der Waals surface area contributed by atoms with Crippen LogP contribution in [-0.2, 0) is 6.54 Å². The number of anilines is 1. The number of hydrogen-bond donors (Lipinski definition) is 4. The molecule has 2 aromatic carbocycles. The second-order valence-corrected chi connectivity index (χ2v) is 4.59. The summed E-state index contributed by atoms with van der Waals surface area (Å²) in [5.41, 5.74) is 7.73. The van der Waals surface area contributed by atoms with Crippen molar-refractivity contribution < 1.29 is 15.0 Å². The first-order chi connectivity index (χ1) is 9.47. The fraction of sp³-hybridized carbons (Fsp3) is 0.133. The Morgan fingerprint density at radius 1 is 1.15 bits per heavy atom. The first-order valence-corrected chi connectivity index (χ1v) is 6.12. The molecule has 0 atom stereocenters. The Bertz CT molecular complexity index is 654. The molecular formula is C15H16N2O3. The van der Waals surface area contributed by atoms with E-state index in [0.29, 0.717) is 11.3 Å². The van der Waals surface area contributed by atoms with E-state index < -0.39 is 5.91 Å². The van der Waals surface area contributed by atoms with E-state index in [1.54, 1.807) is 24.3 Å². The Morgan fingerprint density at radius 3 is 2.60 bits per heavy atom. The topological polar surface area (TPSA) is 95.6 Å². The molecule has 5 heteroatoms. The van der Waals surface area contributed by atoms with Gasteiger partial charge in [0, 0.05) is 17.8 Å². The van der Waals surface area contributed by atoms with Crippen LogP contribution in [0.1, 0.15) is 21.5 Å². The van der Waals surface area contributed by atoms with Crippen LogP contribution in [0, 0.1) is 6.92 Å². The van der Waals surface area contributed by atoms with Gasteiger partial charge in [0.2, 0.25) is 0 Å². The lowest BCUT2D eigenvalue weighted by atomic mass is 10.1. The summed E-state index contributed by atoms with van der Waals surface area (Å²) in [5.74, 6) is -0.425. The van der Waals surface area contributed by atoms with Gasteiger partial charge in [-0.1, -0.05) is 11.6 Å². The average molecular weight is 272 g/mol. The molecule has 0 fully saturated rings. The molecule has 5 N–H and O–H groups in total. The van der Waals surface area contributed by atoms with Gasteiger partial charge in [0.05, 0.1) is 5.56 Å². The zero-order valence-corrected chi connectivity index (χ0v) is 11.1. The Labute approximate surface area is 116 Å². The summed E-state index contributed by atoms with van der Waals surface area (Å²) in [6, 6.07) is 9.43. The first kappa shape index (κ1) is 13.7. The second-order valence-electron chi connectivity index (χ2n) is 4.59. The van der Waals surface area contributed by atoms with Gasteiger partial charge in [-0.2, -0.15) is 0 Å². The number of rotatable bonds is 3. The van der Waals surface area contributed by atoms with Crippen molar-refractivity contribution in [2.24, 2.45) is 0 Å². The lowest BCUT2D eigenvalue weighted by Crippen LogP contribution is -2.23. The highest BCUT2D eigenvalue weighted by molar-refractivity contribution is 5.97. The highest BCUT2D eigenvalue weighted by Crippen LogP contribution is 2.21. The first-order valence-electron chi connectivity index (χ1n) is 6.12. The van der Waals surface area contributed by atoms with Gasteiger partial charge in [0.15, 0.2) is 0 Å². The summed E-state index contributed by atoms with van der Waals surface area (Å²) in [6.07, 6.45) is 0. The van der Waals surface area contributed by atoms with Gasteiger partial charge in [-0.3, -0.25) is 4.79 Å². The third-order valence-electron chi connectivity index (χ3n) is 2.94. The Kier molecular flexibility index (Phi) is 3.79. The molecule has 0 heterocycles. The van der Waals surface area contributed by atoms with E-state index >= 15 is 0 Å². The number of nitrogen functional groups attached to an aromatic ring is 1. The van der Waals surface area contributed by atoms with Crippen molar-refractivity contribution in [3.8, 4) is 11.5 Å². The normalized spacial score (nSPS) is 10.2. The van der Waals surface area contributed by atoms with Gasteiger partial charge in [0.25, 0.3) is 5.91 Å². The molecule has 2 rings (SSSR count). The zero-order valence-electron chi connectivity index (χ0n) is 11.1. The van der Waals surface area contributed by atoms with E-state index in [9.17, 15) is 15.0 Å². The number of phenolic OH excluding ortho intramolecular Hbond substituents is 2. The molecule has 0 aliphatic carbocycles. The number of carbonyl (C=O) groups excluding carboxylic acids is 1. The predicted octanol–water partition coefficient (Wildman–Crippen LogP) is 1.92. The van der Waals surface area contributed by atoms with Gasteiger partial charge < -0.3 is 21.3 Å². The highest BCUT2D eigenvalue weighted by atomic mass is 16.3. The minimum absolute atomic E-state index is 0.0629. The summed E-state index contributed by atoms with van der Waals surface area (Å²) in [4.78, 5) is 12.0. The predicted molar refractivity (Wildman–Crippen MR) is 76.5 cm³/mol. The van der Waals surface area contributed by atoms with E-state index in [-0.39, 0.29) is 23.6 Å². The molecule has 0 unspecified atom stereocenters. The fourth-order valence-electron chi connectivity index (χ4n) is 1.85. The summed E-state index contributed by atoms with van der Waals surface area (Å²) >= 11 is 0. The monoisotopic (exact) mass is 272 g/mol. The van der Waals surface area contributed by atoms with Gasteiger partial charge in [-0.25, -0.2) is 0 Å². The maximum atomic E-state index is 12.0. The van der Waals surface area contributed by atoms with Crippen LogP contribution in [0.15, 0.2) is 36.4 Å². The molecule has 104 valence electrons. The summed E-state index contributed by atoms with van der Waals surface area (Å²) < 4.78 is 0. The van der Waals surface area contributed by atoms with E-state index in [2.05, 4.69) is 5.32 Å². The van der Waals surface area contributed by atoms with Gasteiger partial charge in [-0.15, -0.1) is 0 Å². The maximum absolute atomic E-state index is 12.0. The number of nitrogens with one attached hydrogen (secondary N) is 1. The molecule has 0 aliphatic rings. The van der Waals surface area contributed by atoms with Crippen LogP contribution in [0.5, 0.6) is 11.5 Å². The van der Waals surface area contributed by atoms with E-state index in [4.69, 9.17) is 5.73 Å². The number of aromatic hydroxyl groups is 2. The number of aryl methyl sites for hydroxylation is 1. The standard InChI is InChI=1S/C15H16N2O3/c1-9-2-4-14(19)12(6-9)15(20)17-8-10-7-11(16)3-5-13(10)18/h2-7,18-19H,8,16H2,1H3,(H,17,20). The number of hydrogen-bond acceptors (Lipinski definition) is 4. The lowest BCUT2D eigenvalue weighted by Gasteiger charge is -2.09. The maximum Gasteiger partial charge on any atom is 0.255 e. The minimum Gasteiger partial charge on any atom is -0.508 e. The van der Waals surface area contributed by atoms with Gasteiger partial charge in [-0.05, 0) is 37.3 Å². The molecule has 0 spiro atoms. The van der Waals surface area contributed by atoms with Gasteiger partial charge >= 0.3 is 0 Å². The van der Waals surface area contributed by atoms with Crippen molar-refractivity contribution in [2.75, 3.05) is 5.73 Å². The molecular weight excluding hydrogens is 256 g/mol. The Morgan fingerprint density at radius 2 is 1.85 bits per heavy atom. The summed E-state index contributed by atoms with van der Waals surface area (Å²) in [7, 11) is 0. The molecule has 0 aromatic heterocycles. The minimum atomic E-state index is -0.409. The smallest absolute Gasteiger partial charge is 0.255 e. The highest BCUT2D eigenvalue weighted by Gasteiger charge is 2.11. The number of benzene rings is 2. The van der Waals surface area contributed by atoms with Gasteiger partial charge in [0.1, 0.15) is 11.5 Å². The molecule has 0 bridgehead atoms. The van der Waals surface area contributed by atoms with Crippen LogP contribution < -0.4 is 11.1 Å². The molecule has 2 aromatic rings. The van der Waals surface area contributed by atoms with Crippen molar-refractivity contribution in [1.29, 1.82) is 0 Å². The lowest BCUT2D eigenvalue weighted by molar-refractivity contribution is 0.0948. The van der Waals surface area contributed by atoms with Crippen LogP contribution in [0.2, 0.25) is 0 Å². The molecule has 0 aliphatic heterocycles. The quantitative estimate of drug-likeness (QED) is 0.507. The van der Waals surface area contributed by atoms with E-state index in [1.165, 1.54) is 12.1 Å². The Hall–Kier alpha value is -2.69. The third-order valence-corrected chi connectivity index (χ3v) is 2.94. The zero-order chi connectivity index (χ0) is 14.7. The number of carbonyl (C=O) groups is 1. The Balaban J connectivity index is 2.12. The summed E-state index contributed by atoms with van der Waals surface area (Å²) in [5, 5.41) is 22.0. The average Bonchev–Trinajstić information content (AvgIpc) is 2.42. The summed E-state index contributed by atoms with van der Waals surface area (Å²) in [6.45, 7) is 1.96. The number of amides is 1. The van der Waals surface area contributed by atoms with Crippen LogP contribution in [0.3, 0.4) is 0 Å². The van der Waals surface area contributed by atoms with Crippen molar-refractivity contribution in [2.45, 2.75) is 13.5 Å². The van der Waals surface area contributed by atoms with Crippen molar-refractivity contribution >= 4 is 11.6 Å². The molecule has 0 saturated heterocycles.